The normalized spacial score (nSPS) is 20.5. The van der Waals surface area contributed by atoms with Crippen molar-refractivity contribution in [2.75, 3.05) is 12.4 Å². The summed E-state index contributed by atoms with van der Waals surface area (Å²) >= 11 is 1.60. The van der Waals surface area contributed by atoms with Crippen LogP contribution in [0.2, 0.25) is 0 Å². The fraction of sp³-hybridized carbons (Fsp3) is 0.389. The maximum Gasteiger partial charge on any atom is 0.238 e. The highest BCUT2D eigenvalue weighted by Crippen LogP contribution is 2.31. The molecule has 3 aromatic heterocycles. The number of aromatic nitrogens is 3. The standard InChI is InChI=1S/C18H21N5OS/c1-19-12-4-6-13(7-5-12)24-17-15(3-2-9-20-17)23-16-14-8-10-25-18(14)22-11-21-16/h2-3,8-13,19H,4-7H2,1H3,(H,21,22,23). The maximum atomic E-state index is 6.20. The van der Waals surface area contributed by atoms with E-state index >= 15 is 0 Å². The van der Waals surface area contributed by atoms with Crippen molar-refractivity contribution in [3.8, 4) is 5.88 Å². The molecule has 0 aliphatic heterocycles. The average Bonchev–Trinajstić information content (AvgIpc) is 3.14. The predicted molar refractivity (Wildman–Crippen MR) is 101 cm³/mol. The van der Waals surface area contributed by atoms with Gasteiger partial charge in [-0.05, 0) is 56.3 Å². The van der Waals surface area contributed by atoms with Gasteiger partial charge in [-0.3, -0.25) is 0 Å². The lowest BCUT2D eigenvalue weighted by Crippen LogP contribution is -2.34. The van der Waals surface area contributed by atoms with Crippen molar-refractivity contribution in [1.29, 1.82) is 0 Å². The van der Waals surface area contributed by atoms with E-state index in [1.54, 1.807) is 23.9 Å². The van der Waals surface area contributed by atoms with Crippen LogP contribution in [0.5, 0.6) is 5.88 Å². The van der Waals surface area contributed by atoms with Crippen LogP contribution >= 0.6 is 11.3 Å². The van der Waals surface area contributed by atoms with Crippen LogP contribution in [0.25, 0.3) is 10.2 Å². The lowest BCUT2D eigenvalue weighted by Gasteiger charge is -2.28. The van der Waals surface area contributed by atoms with Crippen LogP contribution in [0, 0.1) is 0 Å². The molecule has 0 bridgehead atoms. The van der Waals surface area contributed by atoms with Gasteiger partial charge in [0.25, 0.3) is 0 Å². The summed E-state index contributed by atoms with van der Waals surface area (Å²) in [6.45, 7) is 0. The van der Waals surface area contributed by atoms with Crippen LogP contribution in [0.3, 0.4) is 0 Å². The van der Waals surface area contributed by atoms with Gasteiger partial charge in [0, 0.05) is 12.2 Å². The number of rotatable bonds is 5. The average molecular weight is 355 g/mol. The van der Waals surface area contributed by atoms with Crippen LogP contribution in [0.15, 0.2) is 36.1 Å². The summed E-state index contributed by atoms with van der Waals surface area (Å²) in [7, 11) is 2.03. The Morgan fingerprint density at radius 1 is 1.12 bits per heavy atom. The summed E-state index contributed by atoms with van der Waals surface area (Å²) in [4.78, 5) is 14.1. The second-order valence-corrected chi connectivity index (χ2v) is 7.12. The highest BCUT2D eigenvalue weighted by atomic mass is 32.1. The predicted octanol–water partition coefficient (Wildman–Crippen LogP) is 3.74. The van der Waals surface area contributed by atoms with Crippen molar-refractivity contribution in [2.45, 2.75) is 37.8 Å². The Labute approximate surface area is 150 Å². The van der Waals surface area contributed by atoms with E-state index in [0.717, 1.165) is 47.4 Å². The molecule has 2 N–H and O–H groups in total. The Morgan fingerprint density at radius 2 is 2.00 bits per heavy atom. The maximum absolute atomic E-state index is 6.20. The van der Waals surface area contributed by atoms with Gasteiger partial charge in [0.05, 0.1) is 5.39 Å². The van der Waals surface area contributed by atoms with E-state index in [2.05, 4.69) is 25.6 Å². The van der Waals surface area contributed by atoms with Gasteiger partial charge < -0.3 is 15.4 Å². The van der Waals surface area contributed by atoms with Crippen molar-refractivity contribution in [3.05, 3.63) is 36.1 Å². The molecule has 7 heteroatoms. The molecule has 0 radical (unpaired) electrons. The molecule has 3 heterocycles. The fourth-order valence-electron chi connectivity index (χ4n) is 3.22. The van der Waals surface area contributed by atoms with E-state index in [-0.39, 0.29) is 6.10 Å². The van der Waals surface area contributed by atoms with Crippen LogP contribution in [0.1, 0.15) is 25.7 Å². The molecule has 0 amide bonds. The molecular weight excluding hydrogens is 334 g/mol. The lowest BCUT2D eigenvalue weighted by molar-refractivity contribution is 0.137. The zero-order valence-corrected chi connectivity index (χ0v) is 14.9. The molecule has 1 fully saturated rings. The van der Waals surface area contributed by atoms with Crippen molar-refractivity contribution in [2.24, 2.45) is 0 Å². The first kappa shape index (κ1) is 16.2. The van der Waals surface area contributed by atoms with E-state index in [9.17, 15) is 0 Å². The molecule has 1 aliphatic carbocycles. The molecule has 25 heavy (non-hydrogen) atoms. The summed E-state index contributed by atoms with van der Waals surface area (Å²) in [6, 6.07) is 6.51. The number of hydrogen-bond acceptors (Lipinski definition) is 7. The largest absolute Gasteiger partial charge is 0.473 e. The van der Waals surface area contributed by atoms with Crippen LogP contribution < -0.4 is 15.4 Å². The quantitative estimate of drug-likeness (QED) is 0.726. The Bertz CT molecular complexity index is 844. The Kier molecular flexibility index (Phi) is 4.76. The van der Waals surface area contributed by atoms with Crippen molar-refractivity contribution in [3.63, 3.8) is 0 Å². The molecule has 3 aromatic rings. The van der Waals surface area contributed by atoms with Crippen molar-refractivity contribution < 1.29 is 4.74 Å². The SMILES string of the molecule is CNC1CCC(Oc2ncccc2Nc2ncnc3sccc23)CC1. The number of fused-ring (bicyclic) bond motifs is 1. The van der Waals surface area contributed by atoms with Gasteiger partial charge in [-0.2, -0.15) is 0 Å². The van der Waals surface area contributed by atoms with E-state index in [4.69, 9.17) is 4.74 Å². The minimum absolute atomic E-state index is 0.214. The first-order valence-electron chi connectivity index (χ1n) is 8.57. The molecule has 0 atom stereocenters. The number of thiophene rings is 1. The van der Waals surface area contributed by atoms with Gasteiger partial charge in [0.2, 0.25) is 5.88 Å². The van der Waals surface area contributed by atoms with Gasteiger partial charge >= 0.3 is 0 Å². The molecule has 0 saturated heterocycles. The number of nitrogens with zero attached hydrogens (tertiary/aromatic N) is 3. The second-order valence-electron chi connectivity index (χ2n) is 6.22. The van der Waals surface area contributed by atoms with Crippen molar-refractivity contribution >= 4 is 33.1 Å². The summed E-state index contributed by atoms with van der Waals surface area (Å²) in [5, 5.41) is 9.75. The third kappa shape index (κ3) is 3.57. The summed E-state index contributed by atoms with van der Waals surface area (Å²) in [5.41, 5.74) is 0.837. The van der Waals surface area contributed by atoms with Crippen LogP contribution in [-0.2, 0) is 0 Å². The molecular formula is C18H21N5OS. The number of nitrogens with one attached hydrogen (secondary N) is 2. The Hall–Kier alpha value is -2.25. The fourth-order valence-corrected chi connectivity index (χ4v) is 3.96. The number of ether oxygens (including phenoxy) is 1. The molecule has 0 unspecified atom stereocenters. The van der Waals surface area contributed by atoms with Crippen LogP contribution in [0.4, 0.5) is 11.5 Å². The van der Waals surface area contributed by atoms with E-state index in [1.165, 1.54) is 0 Å². The highest BCUT2D eigenvalue weighted by molar-refractivity contribution is 7.16. The topological polar surface area (TPSA) is 72.0 Å². The first-order valence-corrected chi connectivity index (χ1v) is 9.45. The second kappa shape index (κ2) is 7.33. The van der Waals surface area contributed by atoms with E-state index < -0.39 is 0 Å². The molecule has 0 spiro atoms. The molecule has 0 aromatic carbocycles. The molecule has 1 aliphatic rings. The van der Waals surface area contributed by atoms with Gasteiger partial charge in [-0.25, -0.2) is 15.0 Å². The Balaban J connectivity index is 1.52. The number of hydrogen-bond donors (Lipinski definition) is 2. The minimum atomic E-state index is 0.214. The molecule has 130 valence electrons. The first-order chi connectivity index (χ1) is 12.3. The smallest absolute Gasteiger partial charge is 0.238 e. The lowest BCUT2D eigenvalue weighted by atomic mass is 9.93. The van der Waals surface area contributed by atoms with Gasteiger partial charge in [0.1, 0.15) is 28.8 Å². The third-order valence-electron chi connectivity index (χ3n) is 4.65. The van der Waals surface area contributed by atoms with Gasteiger partial charge in [-0.1, -0.05) is 0 Å². The van der Waals surface area contributed by atoms with E-state index in [0.29, 0.717) is 11.9 Å². The van der Waals surface area contributed by atoms with E-state index in [1.807, 2.05) is 30.6 Å². The van der Waals surface area contributed by atoms with Gasteiger partial charge in [-0.15, -0.1) is 11.3 Å². The molecule has 1 saturated carbocycles. The van der Waals surface area contributed by atoms with Crippen LogP contribution in [-0.4, -0.2) is 34.1 Å². The van der Waals surface area contributed by atoms with Crippen molar-refractivity contribution in [1.82, 2.24) is 20.3 Å². The van der Waals surface area contributed by atoms with Gasteiger partial charge in [0.15, 0.2) is 0 Å². The zero-order chi connectivity index (χ0) is 17.1. The number of pyridine rings is 1. The summed E-state index contributed by atoms with van der Waals surface area (Å²) in [6.07, 6.45) is 7.92. The summed E-state index contributed by atoms with van der Waals surface area (Å²) < 4.78 is 6.20. The summed E-state index contributed by atoms with van der Waals surface area (Å²) in [5.74, 6) is 1.42. The molecule has 4 rings (SSSR count). The Morgan fingerprint density at radius 3 is 2.84 bits per heavy atom. The minimum Gasteiger partial charge on any atom is -0.473 e. The highest BCUT2D eigenvalue weighted by Gasteiger charge is 2.22. The number of anilines is 2. The molecule has 6 nitrogen and oxygen atoms in total. The third-order valence-corrected chi connectivity index (χ3v) is 5.47. The zero-order valence-electron chi connectivity index (χ0n) is 14.1. The monoisotopic (exact) mass is 355 g/mol.